The van der Waals surface area contributed by atoms with Gasteiger partial charge in [0.2, 0.25) is 0 Å². The molecular formula is C17H15ClN2O5. The van der Waals surface area contributed by atoms with Crippen LogP contribution in [-0.2, 0) is 14.3 Å². The fraction of sp³-hybridized carbons (Fsp3) is 0.176. The van der Waals surface area contributed by atoms with E-state index in [0.717, 1.165) is 0 Å². The molecule has 1 aromatic carbocycles. The van der Waals surface area contributed by atoms with Crippen molar-refractivity contribution in [1.29, 1.82) is 0 Å². The fourth-order valence-electron chi connectivity index (χ4n) is 1.93. The van der Waals surface area contributed by atoms with Crippen LogP contribution in [-0.4, -0.2) is 36.0 Å². The summed E-state index contributed by atoms with van der Waals surface area (Å²) in [6.45, 7) is 1.40. The first-order valence-corrected chi connectivity index (χ1v) is 7.61. The number of para-hydroxylation sites is 1. The van der Waals surface area contributed by atoms with E-state index in [0.29, 0.717) is 0 Å². The van der Waals surface area contributed by atoms with Gasteiger partial charge in [-0.1, -0.05) is 23.7 Å². The summed E-state index contributed by atoms with van der Waals surface area (Å²) < 4.78 is 9.74. The molecule has 0 saturated heterocycles. The number of carbonyl (C=O) groups excluding carboxylic acids is 3. The number of amides is 1. The van der Waals surface area contributed by atoms with E-state index in [9.17, 15) is 14.4 Å². The van der Waals surface area contributed by atoms with Crippen molar-refractivity contribution in [2.45, 2.75) is 13.0 Å². The van der Waals surface area contributed by atoms with Crippen LogP contribution in [0.5, 0.6) is 0 Å². The minimum atomic E-state index is -1.12. The van der Waals surface area contributed by atoms with Crippen LogP contribution in [0, 0.1) is 0 Å². The number of carbonyl (C=O) groups is 3. The number of methoxy groups -OCH3 is 1. The van der Waals surface area contributed by atoms with Crippen LogP contribution in [0.1, 0.15) is 27.6 Å². The Labute approximate surface area is 148 Å². The smallest absolute Gasteiger partial charge is 0.342 e. The standard InChI is InChI=1S/C17H15ClN2O5/c1-10(25-17(23)12-7-5-9-19-14(12)18)15(21)20-13-8-4-3-6-11(13)16(22)24-2/h3-10H,1-2H3,(H,20,21). The molecule has 2 rings (SSSR count). The lowest BCUT2D eigenvalue weighted by Gasteiger charge is -2.15. The minimum absolute atomic E-state index is 0.0175. The zero-order valence-corrected chi connectivity index (χ0v) is 14.2. The van der Waals surface area contributed by atoms with Gasteiger partial charge in [-0.25, -0.2) is 14.6 Å². The van der Waals surface area contributed by atoms with E-state index < -0.39 is 23.9 Å². The molecule has 0 bridgehead atoms. The van der Waals surface area contributed by atoms with Crippen molar-refractivity contribution < 1.29 is 23.9 Å². The van der Waals surface area contributed by atoms with E-state index in [1.54, 1.807) is 12.1 Å². The average molecular weight is 363 g/mol. The maximum atomic E-state index is 12.2. The van der Waals surface area contributed by atoms with Gasteiger partial charge in [0.25, 0.3) is 5.91 Å². The van der Waals surface area contributed by atoms with E-state index in [1.807, 2.05) is 0 Å². The van der Waals surface area contributed by atoms with Crippen molar-refractivity contribution in [3.63, 3.8) is 0 Å². The molecule has 0 spiro atoms. The third kappa shape index (κ3) is 4.54. The van der Waals surface area contributed by atoms with Gasteiger partial charge in [-0.3, -0.25) is 4.79 Å². The van der Waals surface area contributed by atoms with Crippen molar-refractivity contribution in [3.8, 4) is 0 Å². The highest BCUT2D eigenvalue weighted by Crippen LogP contribution is 2.18. The number of esters is 2. The number of pyridine rings is 1. The van der Waals surface area contributed by atoms with Crippen molar-refractivity contribution in [2.75, 3.05) is 12.4 Å². The highest BCUT2D eigenvalue weighted by Gasteiger charge is 2.22. The lowest BCUT2D eigenvalue weighted by atomic mass is 10.1. The fourth-order valence-corrected chi connectivity index (χ4v) is 2.13. The second-order valence-electron chi connectivity index (χ2n) is 4.92. The molecule has 8 heteroatoms. The molecule has 130 valence electrons. The summed E-state index contributed by atoms with van der Waals surface area (Å²) in [4.78, 5) is 39.8. The van der Waals surface area contributed by atoms with E-state index in [4.69, 9.17) is 16.3 Å². The second-order valence-corrected chi connectivity index (χ2v) is 5.27. The Bertz CT molecular complexity index is 809. The third-order valence-corrected chi connectivity index (χ3v) is 3.52. The SMILES string of the molecule is COC(=O)c1ccccc1NC(=O)C(C)OC(=O)c1cccnc1Cl. The third-order valence-electron chi connectivity index (χ3n) is 3.22. The molecule has 0 fully saturated rings. The molecule has 1 amide bonds. The van der Waals surface area contributed by atoms with E-state index in [-0.39, 0.29) is 22.0 Å². The first kappa shape index (κ1) is 18.4. The maximum absolute atomic E-state index is 12.2. The highest BCUT2D eigenvalue weighted by atomic mass is 35.5. The summed E-state index contributed by atoms with van der Waals surface area (Å²) in [6.07, 6.45) is 0.313. The van der Waals surface area contributed by atoms with E-state index >= 15 is 0 Å². The van der Waals surface area contributed by atoms with E-state index in [2.05, 4.69) is 15.0 Å². The molecule has 1 atom stereocenters. The van der Waals surface area contributed by atoms with Crippen molar-refractivity contribution in [2.24, 2.45) is 0 Å². The molecule has 1 unspecified atom stereocenters. The summed E-state index contributed by atoms with van der Waals surface area (Å²) in [6, 6.07) is 9.29. The van der Waals surface area contributed by atoms with Crippen LogP contribution in [0.25, 0.3) is 0 Å². The number of rotatable bonds is 5. The average Bonchev–Trinajstić information content (AvgIpc) is 2.61. The summed E-state index contributed by atoms with van der Waals surface area (Å²) in [5.41, 5.74) is 0.493. The topological polar surface area (TPSA) is 94.6 Å². The van der Waals surface area contributed by atoms with Crippen LogP contribution in [0.4, 0.5) is 5.69 Å². The molecule has 0 saturated carbocycles. The largest absolute Gasteiger partial charge is 0.465 e. The highest BCUT2D eigenvalue weighted by molar-refractivity contribution is 6.32. The summed E-state index contributed by atoms with van der Waals surface area (Å²) >= 11 is 5.82. The van der Waals surface area contributed by atoms with Gasteiger partial charge in [0.05, 0.1) is 23.9 Å². The summed E-state index contributed by atoms with van der Waals surface area (Å²) in [5.74, 6) is -1.98. The van der Waals surface area contributed by atoms with Gasteiger partial charge < -0.3 is 14.8 Å². The predicted molar refractivity (Wildman–Crippen MR) is 90.5 cm³/mol. The molecular weight excluding hydrogens is 348 g/mol. The monoisotopic (exact) mass is 362 g/mol. The Morgan fingerprint density at radius 3 is 2.44 bits per heavy atom. The minimum Gasteiger partial charge on any atom is -0.465 e. The Kier molecular flexibility index (Phi) is 6.08. The van der Waals surface area contributed by atoms with E-state index in [1.165, 1.54) is 44.5 Å². The molecule has 1 aromatic heterocycles. The van der Waals surface area contributed by atoms with Crippen LogP contribution in [0.3, 0.4) is 0 Å². The first-order valence-electron chi connectivity index (χ1n) is 7.23. The lowest BCUT2D eigenvalue weighted by Crippen LogP contribution is -2.30. The number of hydrogen-bond donors (Lipinski definition) is 1. The van der Waals surface area contributed by atoms with Crippen molar-refractivity contribution in [1.82, 2.24) is 4.98 Å². The van der Waals surface area contributed by atoms with Gasteiger partial charge in [-0.2, -0.15) is 0 Å². The van der Waals surface area contributed by atoms with Crippen molar-refractivity contribution in [3.05, 3.63) is 58.9 Å². The molecule has 1 heterocycles. The van der Waals surface area contributed by atoms with Crippen LogP contribution < -0.4 is 5.32 Å². The molecule has 0 aliphatic carbocycles. The zero-order chi connectivity index (χ0) is 18.4. The Morgan fingerprint density at radius 2 is 1.76 bits per heavy atom. The zero-order valence-electron chi connectivity index (χ0n) is 13.5. The van der Waals surface area contributed by atoms with Crippen LogP contribution >= 0.6 is 11.6 Å². The Balaban J connectivity index is 2.08. The Morgan fingerprint density at radius 1 is 1.08 bits per heavy atom. The maximum Gasteiger partial charge on any atom is 0.342 e. The second kappa shape index (κ2) is 8.25. The number of benzene rings is 1. The van der Waals surface area contributed by atoms with Crippen molar-refractivity contribution >= 4 is 35.1 Å². The van der Waals surface area contributed by atoms with Gasteiger partial charge in [-0.15, -0.1) is 0 Å². The van der Waals surface area contributed by atoms with Gasteiger partial charge in [0.1, 0.15) is 5.15 Å². The quantitative estimate of drug-likeness (QED) is 0.649. The predicted octanol–water partition coefficient (Wildman–Crippen LogP) is 2.71. The number of hydrogen-bond acceptors (Lipinski definition) is 6. The number of aromatic nitrogens is 1. The van der Waals surface area contributed by atoms with Crippen LogP contribution in [0.15, 0.2) is 42.6 Å². The molecule has 1 N–H and O–H groups in total. The molecule has 0 aliphatic rings. The van der Waals surface area contributed by atoms with Crippen LogP contribution in [0.2, 0.25) is 5.15 Å². The molecule has 25 heavy (non-hydrogen) atoms. The number of nitrogens with zero attached hydrogens (tertiary/aromatic N) is 1. The first-order chi connectivity index (χ1) is 11.9. The summed E-state index contributed by atoms with van der Waals surface area (Å²) in [5, 5.41) is 2.51. The lowest BCUT2D eigenvalue weighted by molar-refractivity contribution is -0.123. The normalized spacial score (nSPS) is 11.3. The van der Waals surface area contributed by atoms with Gasteiger partial charge in [0, 0.05) is 6.20 Å². The van der Waals surface area contributed by atoms with Gasteiger partial charge in [0.15, 0.2) is 6.10 Å². The molecule has 0 aliphatic heterocycles. The number of ether oxygens (including phenoxy) is 2. The molecule has 2 aromatic rings. The molecule has 0 radical (unpaired) electrons. The van der Waals surface area contributed by atoms with Gasteiger partial charge in [-0.05, 0) is 31.2 Å². The Hall–Kier alpha value is -2.93. The number of anilines is 1. The summed E-state index contributed by atoms with van der Waals surface area (Å²) in [7, 11) is 1.24. The number of nitrogens with one attached hydrogen (secondary N) is 1. The van der Waals surface area contributed by atoms with Gasteiger partial charge >= 0.3 is 11.9 Å². The molecule has 7 nitrogen and oxygen atoms in total. The number of halogens is 1.